The van der Waals surface area contributed by atoms with Gasteiger partial charge in [-0.2, -0.15) is 3.71 Å². The van der Waals surface area contributed by atoms with Crippen molar-refractivity contribution in [2.75, 3.05) is 60.6 Å². The standard InChI is InChI=1S/C31H44N6O5S.C28H40N6O7S3/c1-19(36(5)30(41)42-31(2,3)4)25(38)33-24(21-15-10-7-11-16-21)28(40)37-18-12-17-22(37)26(39)35-27-23(34-29(32)43-27)20-13-8-6-9-14-20;1-18(29-2)24(35)30-23(20-14-9-6-10-15-20)27(37)33-17-11-16-21(33)25(36)32-26-22(19-12-7-5-8-13-19)31-28(42-26)34(43-41-40-3)44(4,38)39/h6,8-9,13-14,19,21-22,24H,7,10-12,15-18H2,1-5H3,(H2,32,34)(H,33,38)(H,35,39);5,7-8,12-13,18,20-21,23,29H,6,9-11,14-17H2,1-4H3,(H,30,35)(H,32,36)/t19-,22-,24?;18-,21-,23?/m00/s1. The van der Waals surface area contributed by atoms with Gasteiger partial charge in [-0.1, -0.05) is 122 Å². The second kappa shape index (κ2) is 31.2. The van der Waals surface area contributed by atoms with Gasteiger partial charge in [0.05, 0.1) is 19.4 Å². The molecule has 7 N–H and O–H groups in total. The Bertz CT molecular complexity index is 3120. The van der Waals surface area contributed by atoms with Crippen LogP contribution in [0.4, 0.5) is 25.1 Å². The summed E-state index contributed by atoms with van der Waals surface area (Å²) in [5.74, 6) is -1.99. The molecule has 8 rings (SSSR count). The van der Waals surface area contributed by atoms with Crippen LogP contribution in [0.5, 0.6) is 0 Å². The molecule has 2 unspecified atom stereocenters. The molecule has 28 heteroatoms. The first-order valence-corrected chi connectivity index (χ1v) is 33.8. The van der Waals surface area contributed by atoms with E-state index in [1.165, 1.54) is 30.4 Å². The van der Waals surface area contributed by atoms with Crippen LogP contribution in [0.1, 0.15) is 125 Å². The summed E-state index contributed by atoms with van der Waals surface area (Å²) >= 11 is 2.58. The van der Waals surface area contributed by atoms with E-state index < -0.39 is 69.8 Å². The number of amides is 7. The van der Waals surface area contributed by atoms with Crippen molar-refractivity contribution in [3.05, 3.63) is 60.7 Å². The van der Waals surface area contributed by atoms with Gasteiger partial charge in [0.2, 0.25) is 50.6 Å². The van der Waals surface area contributed by atoms with Gasteiger partial charge in [-0.15, -0.1) is 4.33 Å². The van der Waals surface area contributed by atoms with Gasteiger partial charge < -0.3 is 46.9 Å². The predicted octanol–water partition coefficient (Wildman–Crippen LogP) is 7.96. The zero-order valence-electron chi connectivity index (χ0n) is 51.0. The largest absolute Gasteiger partial charge is 0.444 e. The highest BCUT2D eigenvalue weighted by molar-refractivity contribution is 8.12. The second-order valence-corrected chi connectivity index (χ2v) is 28.1. The molecule has 4 fully saturated rings. The Morgan fingerprint density at radius 1 is 0.690 bits per heavy atom. The summed E-state index contributed by atoms with van der Waals surface area (Å²) in [4.78, 5) is 113. The summed E-state index contributed by atoms with van der Waals surface area (Å²) in [7, 11) is 0.599. The van der Waals surface area contributed by atoms with E-state index in [0.29, 0.717) is 83.1 Å². The molecule has 476 valence electrons. The molecule has 87 heavy (non-hydrogen) atoms. The van der Waals surface area contributed by atoms with Crippen molar-refractivity contribution >= 4 is 107 Å². The number of carbonyl (C=O) groups is 7. The number of thiazole rings is 2. The van der Waals surface area contributed by atoms with E-state index in [1.54, 1.807) is 63.6 Å². The molecule has 0 spiro atoms. The van der Waals surface area contributed by atoms with Crippen molar-refractivity contribution in [2.24, 2.45) is 11.8 Å². The summed E-state index contributed by atoms with van der Waals surface area (Å²) in [6.07, 6.45) is 12.0. The van der Waals surface area contributed by atoms with Crippen LogP contribution in [0.25, 0.3) is 22.5 Å². The third-order valence-corrected chi connectivity index (χ3v) is 20.2. The van der Waals surface area contributed by atoms with Gasteiger partial charge in [0, 0.05) is 31.3 Å². The molecule has 2 saturated carbocycles. The van der Waals surface area contributed by atoms with E-state index >= 15 is 0 Å². The molecule has 24 nitrogen and oxygen atoms in total. The molecular formula is C59H84N12O12S4. The molecular weight excluding hydrogens is 1200 g/mol. The average Bonchev–Trinajstić information content (AvgIpc) is 2.90. The minimum Gasteiger partial charge on any atom is -0.444 e. The Kier molecular flexibility index (Phi) is 24.4. The first-order chi connectivity index (χ1) is 41.4. The minimum absolute atomic E-state index is 0.00361. The number of carbonyl (C=O) groups excluding carboxylic acids is 7. The SMILES string of the molecule is CN[C@@H](C)C(=O)NC(C(=O)N1CCC[C@H]1C(=O)Nc1sc(N(SOOC)S(C)(=O)=O)nc1-c1ccccc1)C1CCCCC1.C[C@@H](C(=O)NC(C(=O)N1CCC[C@H]1C(=O)Nc1sc(N)nc1-c1ccccc1)C1CCCCC1)N(C)C(=O)OC(C)(C)C. The minimum atomic E-state index is -3.84. The van der Waals surface area contributed by atoms with E-state index in [-0.39, 0.29) is 40.6 Å². The quantitative estimate of drug-likeness (QED) is 0.0199. The van der Waals surface area contributed by atoms with Gasteiger partial charge in [-0.05, 0) is 105 Å². The Hall–Kier alpha value is -6.43. The number of nitrogen functional groups attached to an aromatic ring is 1. The maximum Gasteiger partial charge on any atom is 0.410 e. The maximum atomic E-state index is 14.2. The lowest BCUT2D eigenvalue weighted by atomic mass is 9.83. The van der Waals surface area contributed by atoms with Crippen LogP contribution in [0.15, 0.2) is 60.7 Å². The van der Waals surface area contributed by atoms with E-state index in [9.17, 15) is 42.0 Å². The lowest BCUT2D eigenvalue weighted by Crippen LogP contribution is -2.58. The number of anilines is 4. The van der Waals surface area contributed by atoms with E-state index in [0.717, 1.165) is 91.1 Å². The number of nitrogens with one attached hydrogen (secondary N) is 5. The molecule has 2 saturated heterocycles. The number of nitrogens with two attached hydrogens (primary N) is 1. The zero-order chi connectivity index (χ0) is 63.2. The van der Waals surface area contributed by atoms with Gasteiger partial charge in [0.1, 0.15) is 57.2 Å². The molecule has 4 aromatic rings. The van der Waals surface area contributed by atoms with Crippen LogP contribution in [0.2, 0.25) is 0 Å². The van der Waals surface area contributed by atoms with Crippen molar-refractivity contribution in [3.63, 3.8) is 0 Å². The molecule has 2 aromatic carbocycles. The van der Waals surface area contributed by atoms with Crippen molar-refractivity contribution in [2.45, 2.75) is 166 Å². The summed E-state index contributed by atoms with van der Waals surface area (Å²) in [6.45, 7) is 9.44. The van der Waals surface area contributed by atoms with Crippen molar-refractivity contribution in [1.29, 1.82) is 0 Å². The van der Waals surface area contributed by atoms with Crippen LogP contribution in [-0.2, 0) is 52.7 Å². The third-order valence-electron chi connectivity index (χ3n) is 16.0. The summed E-state index contributed by atoms with van der Waals surface area (Å²) in [5.41, 5.74) is 7.74. The fourth-order valence-corrected chi connectivity index (χ4v) is 14.5. The number of aromatic nitrogens is 2. The Morgan fingerprint density at radius 2 is 1.15 bits per heavy atom. The fraction of sp³-hybridized carbons (Fsp3) is 0.576. The lowest BCUT2D eigenvalue weighted by molar-refractivity contribution is -0.160. The highest BCUT2D eigenvalue weighted by Gasteiger charge is 2.44. The Balaban J connectivity index is 0.000000249. The number of benzene rings is 2. The number of nitrogens with zero attached hydrogens (tertiary/aromatic N) is 6. The molecule has 4 aliphatic rings. The first-order valence-electron chi connectivity index (χ1n) is 29.6. The second-order valence-electron chi connectivity index (χ2n) is 23.3. The van der Waals surface area contributed by atoms with Gasteiger partial charge in [0.15, 0.2) is 17.4 Å². The summed E-state index contributed by atoms with van der Waals surface area (Å²) < 4.78 is 36.2. The number of sulfonamides is 1. The molecule has 0 bridgehead atoms. The molecule has 2 aliphatic carbocycles. The van der Waals surface area contributed by atoms with E-state index in [2.05, 4.69) is 41.4 Å². The number of rotatable bonds is 21. The molecule has 2 aliphatic heterocycles. The van der Waals surface area contributed by atoms with Crippen molar-refractivity contribution < 1.29 is 55.9 Å². The first kappa shape index (κ1) is 68.1. The number of hydrogen-bond acceptors (Lipinski definition) is 19. The fourth-order valence-electron chi connectivity index (χ4n) is 11.2. The molecule has 0 radical (unpaired) electrons. The highest BCUT2D eigenvalue weighted by atomic mass is 32.3. The smallest absolute Gasteiger partial charge is 0.410 e. The summed E-state index contributed by atoms with van der Waals surface area (Å²) in [6, 6.07) is 14.2. The average molecular weight is 1280 g/mol. The topological polar surface area (TPSA) is 306 Å². The third kappa shape index (κ3) is 18.1. The van der Waals surface area contributed by atoms with Gasteiger partial charge in [0.25, 0.3) is 0 Å². The molecule has 7 amide bonds. The lowest BCUT2D eigenvalue weighted by Gasteiger charge is -2.36. The molecule has 2 aromatic heterocycles. The van der Waals surface area contributed by atoms with Crippen molar-refractivity contribution in [3.8, 4) is 22.5 Å². The van der Waals surface area contributed by atoms with E-state index in [1.807, 2.05) is 48.5 Å². The number of likely N-dealkylation sites (N-methyl/N-ethyl adjacent to an activating group) is 2. The van der Waals surface area contributed by atoms with Gasteiger partial charge in [-0.3, -0.25) is 33.7 Å². The zero-order valence-corrected chi connectivity index (χ0v) is 54.3. The predicted molar refractivity (Wildman–Crippen MR) is 338 cm³/mol. The molecule has 6 atom stereocenters. The number of likely N-dealkylation sites (tertiary alicyclic amines) is 2. The normalized spacial score (nSPS) is 18.9. The van der Waals surface area contributed by atoms with Crippen LogP contribution >= 0.6 is 34.9 Å². The number of ether oxygens (including phenoxy) is 1. The van der Waals surface area contributed by atoms with E-state index in [4.69, 9.17) is 14.8 Å². The highest BCUT2D eigenvalue weighted by Crippen LogP contribution is 2.42. The van der Waals surface area contributed by atoms with Crippen LogP contribution < -0.4 is 36.0 Å². The van der Waals surface area contributed by atoms with Gasteiger partial charge in [-0.25, -0.2) is 28.1 Å². The van der Waals surface area contributed by atoms with Crippen LogP contribution in [0, 0.1) is 11.8 Å². The monoisotopic (exact) mass is 1280 g/mol. The Morgan fingerprint density at radius 3 is 1.60 bits per heavy atom. The van der Waals surface area contributed by atoms with Crippen molar-refractivity contribution in [1.82, 2.24) is 40.6 Å². The number of hydrogen-bond donors (Lipinski definition) is 6. The van der Waals surface area contributed by atoms with Gasteiger partial charge >= 0.3 is 6.09 Å². The Labute approximate surface area is 522 Å². The molecule has 4 heterocycles. The van der Waals surface area contributed by atoms with Crippen LogP contribution in [0.3, 0.4) is 0 Å². The van der Waals surface area contributed by atoms with Crippen LogP contribution in [-0.4, -0.2) is 157 Å². The summed E-state index contributed by atoms with van der Waals surface area (Å²) in [5, 5.41) is 16.0. The maximum absolute atomic E-state index is 14.2.